The van der Waals surface area contributed by atoms with Gasteiger partial charge in [0.25, 0.3) is 0 Å². The Labute approximate surface area is 130 Å². The Balaban J connectivity index is 2.01. The molecule has 6 heteroatoms. The van der Waals surface area contributed by atoms with E-state index >= 15 is 0 Å². The van der Waals surface area contributed by atoms with E-state index in [-0.39, 0.29) is 24.2 Å². The number of aryl methyl sites for hydroxylation is 2. The van der Waals surface area contributed by atoms with Crippen LogP contribution in [0.5, 0.6) is 0 Å². The highest BCUT2D eigenvalue weighted by molar-refractivity contribution is 5.84. The predicted molar refractivity (Wildman–Crippen MR) is 80.6 cm³/mol. The quantitative estimate of drug-likeness (QED) is 0.903. The molecule has 0 aromatic carbocycles. The lowest BCUT2D eigenvalue weighted by Crippen LogP contribution is -2.42. The molecule has 6 nitrogen and oxygen atoms in total. The smallest absolute Gasteiger partial charge is 0.303 e. The van der Waals surface area contributed by atoms with Gasteiger partial charge in [0, 0.05) is 25.1 Å². The first kappa shape index (κ1) is 16.5. The van der Waals surface area contributed by atoms with E-state index in [0.29, 0.717) is 18.7 Å². The molecule has 2 unspecified atom stereocenters. The van der Waals surface area contributed by atoms with Gasteiger partial charge < -0.3 is 14.5 Å². The van der Waals surface area contributed by atoms with Crippen molar-refractivity contribution in [3.05, 3.63) is 17.0 Å². The van der Waals surface area contributed by atoms with Crippen molar-refractivity contribution in [2.45, 2.75) is 52.4 Å². The first-order valence-electron chi connectivity index (χ1n) is 7.83. The number of aromatic nitrogens is 1. The summed E-state index contributed by atoms with van der Waals surface area (Å²) in [6, 6.07) is 0. The Morgan fingerprint density at radius 1 is 1.45 bits per heavy atom. The zero-order valence-corrected chi connectivity index (χ0v) is 13.5. The fraction of sp³-hybridized carbons (Fsp3) is 0.688. The molecule has 122 valence electrons. The van der Waals surface area contributed by atoms with Crippen molar-refractivity contribution in [1.82, 2.24) is 10.1 Å². The van der Waals surface area contributed by atoms with Crippen LogP contribution in [0.25, 0.3) is 0 Å². The SMILES string of the molecule is Cc1noc(C)c1C(C)C(=O)N1CCCC(CCC(=O)O)C1. The van der Waals surface area contributed by atoms with Gasteiger partial charge in [0.05, 0.1) is 11.6 Å². The second kappa shape index (κ2) is 6.94. The highest BCUT2D eigenvalue weighted by atomic mass is 16.5. The van der Waals surface area contributed by atoms with Crippen LogP contribution in [0.3, 0.4) is 0 Å². The average Bonchev–Trinajstić information content (AvgIpc) is 2.83. The summed E-state index contributed by atoms with van der Waals surface area (Å²) in [5, 5.41) is 12.7. The summed E-state index contributed by atoms with van der Waals surface area (Å²) in [4.78, 5) is 25.3. The number of hydrogen-bond acceptors (Lipinski definition) is 4. The molecule has 1 amide bonds. The van der Waals surface area contributed by atoms with E-state index in [1.54, 1.807) is 0 Å². The molecule has 1 aromatic rings. The summed E-state index contributed by atoms with van der Waals surface area (Å²) in [5.74, 6) is 0.00916. The molecule has 0 spiro atoms. The number of carbonyl (C=O) groups is 2. The standard InChI is InChI=1S/C16H24N2O4/c1-10(15-11(2)17-22-12(15)3)16(21)18-8-4-5-13(9-18)6-7-14(19)20/h10,13H,4-9H2,1-3H3,(H,19,20). The van der Waals surface area contributed by atoms with Crippen molar-refractivity contribution in [2.75, 3.05) is 13.1 Å². The number of amides is 1. The second-order valence-corrected chi connectivity index (χ2v) is 6.18. The summed E-state index contributed by atoms with van der Waals surface area (Å²) >= 11 is 0. The van der Waals surface area contributed by atoms with Crippen LogP contribution in [-0.4, -0.2) is 40.1 Å². The van der Waals surface area contributed by atoms with E-state index in [4.69, 9.17) is 9.63 Å². The van der Waals surface area contributed by atoms with Crippen LogP contribution in [-0.2, 0) is 9.59 Å². The Hall–Kier alpha value is -1.85. The van der Waals surface area contributed by atoms with Crippen LogP contribution in [0.2, 0.25) is 0 Å². The zero-order valence-electron chi connectivity index (χ0n) is 13.5. The highest BCUT2D eigenvalue weighted by Crippen LogP contribution is 2.28. The van der Waals surface area contributed by atoms with Crippen LogP contribution < -0.4 is 0 Å². The molecule has 1 aliphatic rings. The Morgan fingerprint density at radius 3 is 2.77 bits per heavy atom. The zero-order chi connectivity index (χ0) is 16.3. The molecule has 1 saturated heterocycles. The normalized spacial score (nSPS) is 20.0. The fourth-order valence-electron chi connectivity index (χ4n) is 3.33. The number of carboxylic acids is 1. The van der Waals surface area contributed by atoms with Crippen LogP contribution in [0, 0.1) is 19.8 Å². The van der Waals surface area contributed by atoms with E-state index in [1.165, 1.54) is 0 Å². The third-order valence-electron chi connectivity index (χ3n) is 4.49. The minimum atomic E-state index is -0.771. The summed E-state index contributed by atoms with van der Waals surface area (Å²) in [5.41, 5.74) is 1.63. The third-order valence-corrected chi connectivity index (χ3v) is 4.49. The van der Waals surface area contributed by atoms with Crippen LogP contribution in [0.15, 0.2) is 4.52 Å². The number of piperidine rings is 1. The monoisotopic (exact) mass is 308 g/mol. The number of aliphatic carboxylic acids is 1. The van der Waals surface area contributed by atoms with Gasteiger partial charge in [-0.15, -0.1) is 0 Å². The van der Waals surface area contributed by atoms with E-state index in [9.17, 15) is 9.59 Å². The van der Waals surface area contributed by atoms with E-state index in [2.05, 4.69) is 5.16 Å². The fourth-order valence-corrected chi connectivity index (χ4v) is 3.33. The number of carboxylic acid groups (broad SMARTS) is 1. The summed E-state index contributed by atoms with van der Waals surface area (Å²) < 4.78 is 5.15. The molecule has 1 aromatic heterocycles. The Morgan fingerprint density at radius 2 is 2.18 bits per heavy atom. The lowest BCUT2D eigenvalue weighted by atomic mass is 9.91. The van der Waals surface area contributed by atoms with Crippen molar-refractivity contribution in [2.24, 2.45) is 5.92 Å². The maximum atomic E-state index is 12.7. The Kier molecular flexibility index (Phi) is 5.21. The molecule has 0 aliphatic carbocycles. The van der Waals surface area contributed by atoms with Gasteiger partial charge >= 0.3 is 5.97 Å². The molecule has 0 saturated carbocycles. The first-order valence-corrected chi connectivity index (χ1v) is 7.83. The number of rotatable bonds is 5. The van der Waals surface area contributed by atoms with Crippen molar-refractivity contribution < 1.29 is 19.2 Å². The molecule has 0 radical (unpaired) electrons. The minimum Gasteiger partial charge on any atom is -0.481 e. The van der Waals surface area contributed by atoms with E-state index in [0.717, 1.165) is 30.6 Å². The van der Waals surface area contributed by atoms with Crippen molar-refractivity contribution >= 4 is 11.9 Å². The van der Waals surface area contributed by atoms with Gasteiger partial charge in [0.1, 0.15) is 5.76 Å². The van der Waals surface area contributed by atoms with E-state index < -0.39 is 5.97 Å². The number of carbonyl (C=O) groups excluding carboxylic acids is 1. The predicted octanol–water partition coefficient (Wildman–Crippen LogP) is 2.50. The molecular weight excluding hydrogens is 284 g/mol. The molecule has 22 heavy (non-hydrogen) atoms. The molecule has 1 aliphatic heterocycles. The van der Waals surface area contributed by atoms with Crippen molar-refractivity contribution in [1.29, 1.82) is 0 Å². The first-order chi connectivity index (χ1) is 10.4. The molecule has 0 bridgehead atoms. The maximum Gasteiger partial charge on any atom is 0.303 e. The van der Waals surface area contributed by atoms with Crippen molar-refractivity contribution in [3.8, 4) is 0 Å². The van der Waals surface area contributed by atoms with Gasteiger partial charge in [-0.05, 0) is 46.0 Å². The highest BCUT2D eigenvalue weighted by Gasteiger charge is 2.30. The summed E-state index contributed by atoms with van der Waals surface area (Å²) in [6.45, 7) is 6.96. The lowest BCUT2D eigenvalue weighted by molar-refractivity contribution is -0.137. The Bertz CT molecular complexity index is 533. The van der Waals surface area contributed by atoms with Crippen LogP contribution in [0.1, 0.15) is 55.5 Å². The maximum absolute atomic E-state index is 12.7. The van der Waals surface area contributed by atoms with Gasteiger partial charge in [-0.3, -0.25) is 9.59 Å². The topological polar surface area (TPSA) is 83.6 Å². The second-order valence-electron chi connectivity index (χ2n) is 6.18. The largest absolute Gasteiger partial charge is 0.481 e. The molecule has 2 rings (SSSR count). The molecule has 1 fully saturated rings. The summed E-state index contributed by atoms with van der Waals surface area (Å²) in [6.07, 6.45) is 2.74. The van der Waals surface area contributed by atoms with Gasteiger partial charge in [-0.2, -0.15) is 0 Å². The van der Waals surface area contributed by atoms with Gasteiger partial charge in [0.15, 0.2) is 0 Å². The summed E-state index contributed by atoms with van der Waals surface area (Å²) in [7, 11) is 0. The minimum absolute atomic E-state index is 0.0782. The lowest BCUT2D eigenvalue weighted by Gasteiger charge is -2.34. The molecule has 1 N–H and O–H groups in total. The van der Waals surface area contributed by atoms with Gasteiger partial charge in [-0.1, -0.05) is 5.16 Å². The molecule has 2 heterocycles. The van der Waals surface area contributed by atoms with Crippen molar-refractivity contribution in [3.63, 3.8) is 0 Å². The number of likely N-dealkylation sites (tertiary alicyclic amines) is 1. The molecular formula is C16H24N2O4. The third kappa shape index (κ3) is 3.67. The van der Waals surface area contributed by atoms with Gasteiger partial charge in [-0.25, -0.2) is 0 Å². The number of nitrogens with zero attached hydrogens (tertiary/aromatic N) is 2. The number of hydrogen-bond donors (Lipinski definition) is 1. The van der Waals surface area contributed by atoms with Crippen LogP contribution >= 0.6 is 0 Å². The van der Waals surface area contributed by atoms with Crippen LogP contribution in [0.4, 0.5) is 0 Å². The van der Waals surface area contributed by atoms with Gasteiger partial charge in [0.2, 0.25) is 5.91 Å². The average molecular weight is 308 g/mol. The molecule has 2 atom stereocenters. The van der Waals surface area contributed by atoms with E-state index in [1.807, 2.05) is 25.7 Å².